The first kappa shape index (κ1) is 14.8. The molecule has 0 radical (unpaired) electrons. The molecule has 1 N–H and O–H groups in total. The van der Waals surface area contributed by atoms with Gasteiger partial charge in [0.25, 0.3) is 0 Å². The molecule has 0 spiro atoms. The Morgan fingerprint density at radius 2 is 2.00 bits per heavy atom. The summed E-state index contributed by atoms with van der Waals surface area (Å²) in [4.78, 5) is 2.28. The summed E-state index contributed by atoms with van der Waals surface area (Å²) in [5, 5.41) is 19.5. The third-order valence-corrected chi connectivity index (χ3v) is 5.33. The molecule has 0 aromatic heterocycles. The highest BCUT2D eigenvalue weighted by Crippen LogP contribution is 2.34. The minimum Gasteiger partial charge on any atom is -0.389 e. The highest BCUT2D eigenvalue weighted by Gasteiger charge is 2.36. The summed E-state index contributed by atoms with van der Waals surface area (Å²) in [6.07, 6.45) is 3.82. The molecule has 1 saturated heterocycles. The second kappa shape index (κ2) is 5.60. The van der Waals surface area contributed by atoms with E-state index >= 15 is 0 Å². The van der Waals surface area contributed by atoms with Crippen LogP contribution in [0.5, 0.6) is 0 Å². The quantitative estimate of drug-likeness (QED) is 0.837. The molecule has 0 aliphatic carbocycles. The van der Waals surface area contributed by atoms with Gasteiger partial charge in [-0.15, -0.1) is 11.8 Å². The maximum atomic E-state index is 10.3. The van der Waals surface area contributed by atoms with Gasteiger partial charge in [0.1, 0.15) is 4.75 Å². The number of nitriles is 1. The van der Waals surface area contributed by atoms with E-state index in [4.69, 9.17) is 0 Å². The van der Waals surface area contributed by atoms with Crippen molar-refractivity contribution in [3.8, 4) is 6.07 Å². The van der Waals surface area contributed by atoms with Gasteiger partial charge in [-0.3, -0.25) is 0 Å². The van der Waals surface area contributed by atoms with Crippen molar-refractivity contribution in [3.63, 3.8) is 0 Å². The molecule has 1 aliphatic rings. The van der Waals surface area contributed by atoms with Gasteiger partial charge in [-0.05, 0) is 31.9 Å². The average Bonchev–Trinajstić information content (AvgIpc) is 2.30. The predicted octanol–water partition coefficient (Wildman–Crippen LogP) is 2.11. The molecule has 1 fully saturated rings. The zero-order valence-corrected chi connectivity index (χ0v) is 12.2. The van der Waals surface area contributed by atoms with E-state index in [1.807, 2.05) is 27.0 Å². The van der Waals surface area contributed by atoms with E-state index in [1.54, 1.807) is 11.8 Å². The van der Waals surface area contributed by atoms with Crippen LogP contribution in [0.4, 0.5) is 0 Å². The van der Waals surface area contributed by atoms with Gasteiger partial charge in [0.05, 0.1) is 11.7 Å². The molecule has 1 rings (SSSR count). The Balaban J connectivity index is 2.51. The van der Waals surface area contributed by atoms with E-state index in [1.165, 1.54) is 0 Å². The van der Waals surface area contributed by atoms with E-state index in [0.29, 0.717) is 6.54 Å². The Hall–Kier alpha value is -0.240. The van der Waals surface area contributed by atoms with Gasteiger partial charge in [0.15, 0.2) is 0 Å². The maximum Gasteiger partial charge on any atom is 0.104 e. The van der Waals surface area contributed by atoms with Crippen LogP contribution in [0.2, 0.25) is 0 Å². The van der Waals surface area contributed by atoms with E-state index in [0.717, 1.165) is 25.9 Å². The summed E-state index contributed by atoms with van der Waals surface area (Å²) < 4.78 is -0.194. The third-order valence-electron chi connectivity index (χ3n) is 4.05. The average molecular weight is 256 g/mol. The van der Waals surface area contributed by atoms with Crippen LogP contribution in [-0.2, 0) is 0 Å². The summed E-state index contributed by atoms with van der Waals surface area (Å²) in [7, 11) is 0. The highest BCUT2D eigenvalue weighted by atomic mass is 32.2. The summed E-state index contributed by atoms with van der Waals surface area (Å²) in [5.74, 6) is 0.255. The van der Waals surface area contributed by atoms with Crippen LogP contribution < -0.4 is 0 Å². The van der Waals surface area contributed by atoms with Crippen LogP contribution in [0.15, 0.2) is 0 Å². The molecule has 1 atom stereocenters. The maximum absolute atomic E-state index is 10.3. The van der Waals surface area contributed by atoms with E-state index in [9.17, 15) is 10.4 Å². The molecule has 0 aromatic rings. The summed E-state index contributed by atoms with van der Waals surface area (Å²) >= 11 is 1.67. The number of aliphatic hydroxyl groups is 1. The number of nitrogens with zero attached hydrogens (tertiary/aromatic N) is 2. The lowest BCUT2D eigenvalue weighted by Gasteiger charge is -2.40. The van der Waals surface area contributed by atoms with Crippen molar-refractivity contribution in [2.24, 2.45) is 5.92 Å². The van der Waals surface area contributed by atoms with E-state index in [2.05, 4.69) is 11.0 Å². The van der Waals surface area contributed by atoms with Crippen LogP contribution in [0.25, 0.3) is 0 Å². The van der Waals surface area contributed by atoms with Gasteiger partial charge in [-0.2, -0.15) is 5.26 Å². The van der Waals surface area contributed by atoms with Crippen molar-refractivity contribution in [1.29, 1.82) is 5.26 Å². The van der Waals surface area contributed by atoms with Crippen molar-refractivity contribution in [2.45, 2.75) is 44.0 Å². The SMILES string of the molecule is CSC1(C#N)CCN(CC(C)(O)C(C)C)CC1. The summed E-state index contributed by atoms with van der Waals surface area (Å²) in [6.45, 7) is 8.53. The highest BCUT2D eigenvalue weighted by molar-refractivity contribution is 8.00. The topological polar surface area (TPSA) is 47.3 Å². The van der Waals surface area contributed by atoms with Gasteiger partial charge in [0, 0.05) is 19.6 Å². The zero-order chi connectivity index (χ0) is 13.1. The number of thioether (sulfide) groups is 1. The van der Waals surface area contributed by atoms with Crippen LogP contribution >= 0.6 is 11.8 Å². The second-order valence-corrected chi connectivity index (χ2v) is 6.79. The normalized spacial score (nSPS) is 24.3. The molecule has 1 unspecified atom stereocenters. The van der Waals surface area contributed by atoms with Crippen LogP contribution in [-0.4, -0.2) is 46.2 Å². The zero-order valence-electron chi connectivity index (χ0n) is 11.4. The molecule has 0 amide bonds. The van der Waals surface area contributed by atoms with Crippen LogP contribution in [0.3, 0.4) is 0 Å². The molecule has 3 nitrogen and oxygen atoms in total. The molecule has 98 valence electrons. The van der Waals surface area contributed by atoms with Gasteiger partial charge >= 0.3 is 0 Å². The minimum atomic E-state index is -0.633. The first-order valence-electron chi connectivity index (χ1n) is 6.26. The van der Waals surface area contributed by atoms with Crippen molar-refractivity contribution in [1.82, 2.24) is 4.90 Å². The minimum absolute atomic E-state index is 0.194. The van der Waals surface area contributed by atoms with Crippen molar-refractivity contribution in [2.75, 3.05) is 25.9 Å². The third kappa shape index (κ3) is 3.61. The molecule has 0 aromatic carbocycles. The first-order chi connectivity index (χ1) is 7.85. The molecule has 1 aliphatic heterocycles. The fourth-order valence-electron chi connectivity index (χ4n) is 2.07. The standard InChI is InChI=1S/C13H24N2OS/c1-11(2)12(3,16)10-15-7-5-13(9-14,17-4)6-8-15/h11,16H,5-8,10H2,1-4H3. The fourth-order valence-corrected chi connectivity index (χ4v) is 2.75. The Morgan fingerprint density at radius 3 is 2.35 bits per heavy atom. The van der Waals surface area contributed by atoms with Crippen molar-refractivity contribution < 1.29 is 5.11 Å². The number of hydrogen-bond acceptors (Lipinski definition) is 4. The number of β-amino-alcohol motifs (C(OH)–C–C–N with tert-alkyl or cyclic N) is 1. The van der Waals surface area contributed by atoms with Gasteiger partial charge in [-0.1, -0.05) is 13.8 Å². The van der Waals surface area contributed by atoms with Crippen LogP contribution in [0, 0.1) is 17.2 Å². The largest absolute Gasteiger partial charge is 0.389 e. The summed E-state index contributed by atoms with van der Waals surface area (Å²) in [5.41, 5.74) is -0.633. The molecular weight excluding hydrogens is 232 g/mol. The molecule has 1 heterocycles. The van der Waals surface area contributed by atoms with Gasteiger partial charge in [0.2, 0.25) is 0 Å². The summed E-state index contributed by atoms with van der Waals surface area (Å²) in [6, 6.07) is 2.45. The van der Waals surface area contributed by atoms with Gasteiger partial charge < -0.3 is 10.0 Å². The molecule has 4 heteroatoms. The Labute approximate surface area is 109 Å². The first-order valence-corrected chi connectivity index (χ1v) is 7.49. The fraction of sp³-hybridized carbons (Fsp3) is 0.923. The molecule has 0 saturated carbocycles. The van der Waals surface area contributed by atoms with Crippen molar-refractivity contribution >= 4 is 11.8 Å². The predicted molar refractivity (Wildman–Crippen MR) is 73.0 cm³/mol. The monoisotopic (exact) mass is 256 g/mol. The van der Waals surface area contributed by atoms with Crippen molar-refractivity contribution in [3.05, 3.63) is 0 Å². The Bertz CT molecular complexity index is 288. The Kier molecular flexibility index (Phi) is 4.88. The lowest BCUT2D eigenvalue weighted by atomic mass is 9.90. The smallest absolute Gasteiger partial charge is 0.104 e. The Morgan fingerprint density at radius 1 is 1.47 bits per heavy atom. The number of rotatable bonds is 4. The number of piperidine rings is 1. The number of hydrogen-bond donors (Lipinski definition) is 1. The molecule has 17 heavy (non-hydrogen) atoms. The molecular formula is C13H24N2OS. The van der Waals surface area contributed by atoms with E-state index in [-0.39, 0.29) is 10.7 Å². The van der Waals surface area contributed by atoms with Crippen LogP contribution in [0.1, 0.15) is 33.6 Å². The lowest BCUT2D eigenvalue weighted by Crippen LogP contribution is -2.49. The number of likely N-dealkylation sites (tertiary alicyclic amines) is 1. The van der Waals surface area contributed by atoms with Gasteiger partial charge in [-0.25, -0.2) is 0 Å². The molecule has 0 bridgehead atoms. The second-order valence-electron chi connectivity index (χ2n) is 5.60. The lowest BCUT2D eigenvalue weighted by molar-refractivity contribution is -0.0233. The van der Waals surface area contributed by atoms with E-state index < -0.39 is 5.60 Å².